The van der Waals surface area contributed by atoms with Gasteiger partial charge in [0.25, 0.3) is 0 Å². The van der Waals surface area contributed by atoms with Crippen molar-refractivity contribution in [3.8, 4) is 0 Å². The van der Waals surface area contributed by atoms with Crippen LogP contribution in [0.5, 0.6) is 0 Å². The van der Waals surface area contributed by atoms with E-state index in [2.05, 4.69) is 10.2 Å². The van der Waals surface area contributed by atoms with Crippen molar-refractivity contribution in [2.24, 2.45) is 5.92 Å². The second-order valence-corrected chi connectivity index (χ2v) is 6.02. The number of benzene rings is 1. The number of likely N-dealkylation sites (tertiary alicyclic amines) is 1. The average Bonchev–Trinajstić information content (AvgIpc) is 3.24. The predicted octanol–water partition coefficient (Wildman–Crippen LogP) is 2.79. The van der Waals surface area contributed by atoms with Gasteiger partial charge in [0.05, 0.1) is 0 Å². The van der Waals surface area contributed by atoms with Crippen molar-refractivity contribution in [1.82, 2.24) is 10.2 Å². The van der Waals surface area contributed by atoms with Gasteiger partial charge < -0.3 is 5.32 Å². The standard InChI is InChI=1S/C16H23FN2/c17-16-6-2-1-4-14(16)11-19-9-3-5-15(12-19)18-10-13-7-8-13/h1-2,4,6,13,15,18H,3,5,7-12H2/t15-/m1/s1. The van der Waals surface area contributed by atoms with Crippen LogP contribution < -0.4 is 5.32 Å². The fourth-order valence-electron chi connectivity index (χ4n) is 2.89. The van der Waals surface area contributed by atoms with E-state index in [1.54, 1.807) is 12.1 Å². The lowest BCUT2D eigenvalue weighted by Gasteiger charge is -2.33. The van der Waals surface area contributed by atoms with Gasteiger partial charge in [-0.1, -0.05) is 18.2 Å². The van der Waals surface area contributed by atoms with E-state index in [4.69, 9.17) is 0 Å². The summed E-state index contributed by atoms with van der Waals surface area (Å²) < 4.78 is 13.7. The van der Waals surface area contributed by atoms with Crippen LogP contribution in [0.15, 0.2) is 24.3 Å². The van der Waals surface area contributed by atoms with Crippen LogP contribution in [0.2, 0.25) is 0 Å². The van der Waals surface area contributed by atoms with Crippen LogP contribution in [0.4, 0.5) is 4.39 Å². The maximum absolute atomic E-state index is 13.7. The molecule has 1 atom stereocenters. The summed E-state index contributed by atoms with van der Waals surface area (Å²) in [6.45, 7) is 4.07. The van der Waals surface area contributed by atoms with E-state index in [1.807, 2.05) is 12.1 Å². The molecule has 0 spiro atoms. The van der Waals surface area contributed by atoms with E-state index >= 15 is 0 Å². The van der Waals surface area contributed by atoms with Crippen LogP contribution in [-0.2, 0) is 6.54 Å². The zero-order valence-corrected chi connectivity index (χ0v) is 11.4. The molecular weight excluding hydrogens is 239 g/mol. The fraction of sp³-hybridized carbons (Fsp3) is 0.625. The molecule has 0 radical (unpaired) electrons. The molecule has 0 unspecified atom stereocenters. The van der Waals surface area contributed by atoms with E-state index in [-0.39, 0.29) is 5.82 Å². The third kappa shape index (κ3) is 3.77. The second-order valence-electron chi connectivity index (χ2n) is 6.02. The van der Waals surface area contributed by atoms with Gasteiger partial charge in [-0.25, -0.2) is 4.39 Å². The first kappa shape index (κ1) is 13.1. The van der Waals surface area contributed by atoms with Crippen LogP contribution in [-0.4, -0.2) is 30.6 Å². The van der Waals surface area contributed by atoms with Gasteiger partial charge in [0, 0.05) is 24.7 Å². The Morgan fingerprint density at radius 3 is 2.84 bits per heavy atom. The number of piperidine rings is 1. The first-order valence-electron chi connectivity index (χ1n) is 7.50. The summed E-state index contributed by atoms with van der Waals surface area (Å²) in [6.07, 6.45) is 5.29. The molecule has 2 nitrogen and oxygen atoms in total. The van der Waals surface area contributed by atoms with Gasteiger partial charge in [-0.3, -0.25) is 4.90 Å². The summed E-state index contributed by atoms with van der Waals surface area (Å²) in [6, 6.07) is 7.74. The molecule has 0 amide bonds. The molecule has 2 aliphatic rings. The molecule has 1 aromatic rings. The minimum absolute atomic E-state index is 0.0736. The molecule has 1 saturated heterocycles. The van der Waals surface area contributed by atoms with Crippen molar-refractivity contribution in [3.05, 3.63) is 35.6 Å². The third-order valence-electron chi connectivity index (χ3n) is 4.25. The number of hydrogen-bond acceptors (Lipinski definition) is 2. The number of rotatable bonds is 5. The summed E-state index contributed by atoms with van der Waals surface area (Å²) in [5.41, 5.74) is 0.824. The van der Waals surface area contributed by atoms with Crippen molar-refractivity contribution < 1.29 is 4.39 Å². The Labute approximate surface area is 115 Å². The monoisotopic (exact) mass is 262 g/mol. The highest BCUT2D eigenvalue weighted by Gasteiger charge is 2.25. The SMILES string of the molecule is Fc1ccccc1CN1CCC[C@@H](NCC2CC2)C1. The van der Waals surface area contributed by atoms with Gasteiger partial charge in [0.2, 0.25) is 0 Å². The number of hydrogen-bond donors (Lipinski definition) is 1. The number of nitrogens with zero attached hydrogens (tertiary/aromatic N) is 1. The maximum Gasteiger partial charge on any atom is 0.127 e. The lowest BCUT2D eigenvalue weighted by molar-refractivity contribution is 0.181. The van der Waals surface area contributed by atoms with Gasteiger partial charge in [0.15, 0.2) is 0 Å². The van der Waals surface area contributed by atoms with Crippen molar-refractivity contribution >= 4 is 0 Å². The Morgan fingerprint density at radius 1 is 1.21 bits per heavy atom. The Morgan fingerprint density at radius 2 is 2.05 bits per heavy atom. The van der Waals surface area contributed by atoms with E-state index in [0.717, 1.165) is 31.1 Å². The van der Waals surface area contributed by atoms with Crippen molar-refractivity contribution in [1.29, 1.82) is 0 Å². The highest BCUT2D eigenvalue weighted by molar-refractivity contribution is 5.17. The highest BCUT2D eigenvalue weighted by Crippen LogP contribution is 2.28. The van der Waals surface area contributed by atoms with Gasteiger partial charge in [-0.15, -0.1) is 0 Å². The lowest BCUT2D eigenvalue weighted by Crippen LogP contribution is -2.45. The predicted molar refractivity (Wildman–Crippen MR) is 75.4 cm³/mol. The highest BCUT2D eigenvalue weighted by atomic mass is 19.1. The van der Waals surface area contributed by atoms with Crippen LogP contribution in [0, 0.1) is 11.7 Å². The number of halogens is 1. The molecule has 104 valence electrons. The molecule has 1 saturated carbocycles. The maximum atomic E-state index is 13.7. The van der Waals surface area contributed by atoms with Crippen molar-refractivity contribution in [2.45, 2.75) is 38.3 Å². The molecular formula is C16H23FN2. The van der Waals surface area contributed by atoms with E-state index in [1.165, 1.54) is 32.2 Å². The van der Waals surface area contributed by atoms with Crippen LogP contribution in [0.3, 0.4) is 0 Å². The Hall–Kier alpha value is -0.930. The Bertz CT molecular complexity index is 417. The van der Waals surface area contributed by atoms with Gasteiger partial charge in [-0.2, -0.15) is 0 Å². The molecule has 3 heteroatoms. The fourth-order valence-corrected chi connectivity index (χ4v) is 2.89. The average molecular weight is 262 g/mol. The van der Waals surface area contributed by atoms with Crippen molar-refractivity contribution in [3.63, 3.8) is 0 Å². The van der Waals surface area contributed by atoms with E-state index in [0.29, 0.717) is 6.04 Å². The summed E-state index contributed by atoms with van der Waals surface area (Å²) in [7, 11) is 0. The Balaban J connectivity index is 1.51. The Kier molecular flexibility index (Phi) is 4.14. The molecule has 1 N–H and O–H groups in total. The van der Waals surface area contributed by atoms with Gasteiger partial charge in [-0.05, 0) is 50.8 Å². The largest absolute Gasteiger partial charge is 0.312 e. The minimum atomic E-state index is -0.0736. The third-order valence-corrected chi connectivity index (χ3v) is 4.25. The summed E-state index contributed by atoms with van der Waals surface area (Å²) >= 11 is 0. The molecule has 1 heterocycles. The lowest BCUT2D eigenvalue weighted by atomic mass is 10.0. The number of nitrogens with one attached hydrogen (secondary N) is 1. The normalized spacial score (nSPS) is 24.6. The first-order chi connectivity index (χ1) is 9.31. The van der Waals surface area contributed by atoms with Crippen molar-refractivity contribution in [2.75, 3.05) is 19.6 Å². The second kappa shape index (κ2) is 6.02. The molecule has 19 heavy (non-hydrogen) atoms. The molecule has 1 aromatic carbocycles. The zero-order valence-electron chi connectivity index (χ0n) is 11.4. The summed E-state index contributed by atoms with van der Waals surface area (Å²) in [5, 5.41) is 3.68. The topological polar surface area (TPSA) is 15.3 Å². The molecule has 3 rings (SSSR count). The summed E-state index contributed by atoms with van der Waals surface area (Å²) in [5.74, 6) is 0.859. The van der Waals surface area contributed by atoms with E-state index < -0.39 is 0 Å². The molecule has 0 bridgehead atoms. The van der Waals surface area contributed by atoms with Gasteiger partial charge >= 0.3 is 0 Å². The van der Waals surface area contributed by atoms with E-state index in [9.17, 15) is 4.39 Å². The molecule has 1 aliphatic carbocycles. The molecule has 0 aromatic heterocycles. The molecule has 2 fully saturated rings. The quantitative estimate of drug-likeness (QED) is 0.878. The smallest absolute Gasteiger partial charge is 0.127 e. The van der Waals surface area contributed by atoms with Crippen LogP contribution in [0.1, 0.15) is 31.2 Å². The zero-order chi connectivity index (χ0) is 13.1. The minimum Gasteiger partial charge on any atom is -0.312 e. The molecule has 1 aliphatic heterocycles. The van der Waals surface area contributed by atoms with Crippen LogP contribution >= 0.6 is 0 Å². The summed E-state index contributed by atoms with van der Waals surface area (Å²) in [4.78, 5) is 2.38. The van der Waals surface area contributed by atoms with Crippen LogP contribution in [0.25, 0.3) is 0 Å². The van der Waals surface area contributed by atoms with Gasteiger partial charge in [0.1, 0.15) is 5.82 Å². The first-order valence-corrected chi connectivity index (χ1v) is 7.50.